The molecule has 0 heterocycles. The van der Waals surface area contributed by atoms with Crippen molar-refractivity contribution in [3.8, 4) is 23.0 Å². The number of carbonyl (C=O) groups is 2. The van der Waals surface area contributed by atoms with Crippen molar-refractivity contribution in [3.63, 3.8) is 0 Å². The first-order valence-electron chi connectivity index (χ1n) is 23.5. The number of hydrogen-bond donors (Lipinski definition) is 5. The maximum Gasteiger partial charge on any atom is 0.332 e. The van der Waals surface area contributed by atoms with Gasteiger partial charge in [0.15, 0.2) is 6.23 Å². The van der Waals surface area contributed by atoms with Crippen LogP contribution in [0.15, 0.2) is 115 Å². The summed E-state index contributed by atoms with van der Waals surface area (Å²) in [5.41, 5.74) is 3.63. The lowest BCUT2D eigenvalue weighted by atomic mass is 10.1. The number of rotatable bonds is 21. The minimum Gasteiger partial charge on any atom is -0.543 e. The molecule has 67 heavy (non-hydrogen) atoms. The van der Waals surface area contributed by atoms with Crippen molar-refractivity contribution in [2.24, 2.45) is 0 Å². The second-order valence-electron chi connectivity index (χ2n) is 19.5. The van der Waals surface area contributed by atoms with Crippen molar-refractivity contribution in [2.45, 2.75) is 136 Å². The minimum atomic E-state index is -2.08. The fraction of sp³-hybridized carbons (Fsp3) is 0.418. The van der Waals surface area contributed by atoms with Crippen molar-refractivity contribution in [1.29, 1.82) is 0 Å². The molecular formula is C55H80N2O8Si2. The zero-order valence-corrected chi connectivity index (χ0v) is 44.3. The third kappa shape index (κ3) is 22.7. The summed E-state index contributed by atoms with van der Waals surface area (Å²) in [4.78, 5) is 23.1. The molecule has 4 aromatic carbocycles. The molecule has 0 radical (unpaired) electrons. The van der Waals surface area contributed by atoms with Crippen LogP contribution >= 0.6 is 0 Å². The van der Waals surface area contributed by atoms with Gasteiger partial charge < -0.3 is 34.2 Å². The summed E-state index contributed by atoms with van der Waals surface area (Å²) in [5, 5.41) is 34.7. The molecule has 5 N–H and O–H groups in total. The van der Waals surface area contributed by atoms with Crippen molar-refractivity contribution in [1.82, 2.24) is 10.6 Å². The Hall–Kier alpha value is -5.57. The molecular weight excluding hydrogens is 873 g/mol. The van der Waals surface area contributed by atoms with Gasteiger partial charge in [-0.3, -0.25) is 5.32 Å². The molecule has 0 saturated carbocycles. The van der Waals surface area contributed by atoms with Crippen LogP contribution in [-0.2, 0) is 20.7 Å². The Balaban J connectivity index is 0.000000366. The topological polar surface area (TPSA) is 147 Å². The second kappa shape index (κ2) is 28.6. The molecule has 4 rings (SSSR count). The number of phenolic OH excluding ortho intramolecular Hbond substituents is 2. The van der Waals surface area contributed by atoms with Crippen molar-refractivity contribution < 1.29 is 38.5 Å². The quantitative estimate of drug-likeness (QED) is 0.0180. The molecule has 10 nitrogen and oxygen atoms in total. The largest absolute Gasteiger partial charge is 0.543 e. The Kier molecular flexibility index (Phi) is 24.5. The lowest BCUT2D eigenvalue weighted by molar-refractivity contribution is -0.144. The SMILES string of the molecule is CC(C)(C)[Si](C)(C)Oc1ccc(/C=C/C(=O)O)c(O[Si](C)(C)C(C)(C)C)c1.CCCCN/C=C\c1ccccc1.CCCCNC(CCc1ccccc1)OC(=O)/C=C/c1ccc(O)cc1O. The molecule has 0 aliphatic rings. The van der Waals surface area contributed by atoms with E-state index in [0.717, 1.165) is 49.7 Å². The van der Waals surface area contributed by atoms with E-state index in [4.69, 9.17) is 18.7 Å². The summed E-state index contributed by atoms with van der Waals surface area (Å²) in [6, 6.07) is 30.3. The van der Waals surface area contributed by atoms with Gasteiger partial charge in [-0.05, 0) is 122 Å². The molecule has 0 spiro atoms. The zero-order chi connectivity index (χ0) is 50.1. The molecule has 0 bridgehead atoms. The average molecular weight is 953 g/mol. The van der Waals surface area contributed by atoms with Gasteiger partial charge in [-0.15, -0.1) is 0 Å². The predicted molar refractivity (Wildman–Crippen MR) is 284 cm³/mol. The van der Waals surface area contributed by atoms with Gasteiger partial charge in [0.2, 0.25) is 8.32 Å². The Morgan fingerprint density at radius 3 is 1.84 bits per heavy atom. The van der Waals surface area contributed by atoms with Crippen LogP contribution in [0.1, 0.15) is 110 Å². The van der Waals surface area contributed by atoms with E-state index < -0.39 is 28.6 Å². The number of benzene rings is 4. The Bertz CT molecular complexity index is 2160. The van der Waals surface area contributed by atoms with Gasteiger partial charge in [0.1, 0.15) is 23.0 Å². The average Bonchev–Trinajstić information content (AvgIpc) is 3.25. The van der Waals surface area contributed by atoms with E-state index in [1.54, 1.807) is 6.08 Å². The molecule has 0 aromatic heterocycles. The third-order valence-electron chi connectivity index (χ3n) is 11.7. The number of carboxylic acids is 1. The molecule has 1 atom stereocenters. The van der Waals surface area contributed by atoms with Crippen LogP contribution in [0.2, 0.25) is 36.3 Å². The van der Waals surface area contributed by atoms with Gasteiger partial charge >= 0.3 is 11.9 Å². The number of nitrogens with one attached hydrogen (secondary N) is 2. The molecule has 12 heteroatoms. The second-order valence-corrected chi connectivity index (χ2v) is 28.9. The number of phenols is 2. The highest BCUT2D eigenvalue weighted by molar-refractivity contribution is 6.75. The normalized spacial score (nSPS) is 12.5. The van der Waals surface area contributed by atoms with Crippen LogP contribution in [0.3, 0.4) is 0 Å². The predicted octanol–water partition coefficient (Wildman–Crippen LogP) is 13.6. The van der Waals surface area contributed by atoms with Crippen molar-refractivity contribution in [2.75, 3.05) is 13.1 Å². The highest BCUT2D eigenvalue weighted by atomic mass is 28.4. The third-order valence-corrected chi connectivity index (χ3v) is 20.4. The number of carbonyl (C=O) groups excluding carboxylic acids is 1. The van der Waals surface area contributed by atoms with Crippen LogP contribution in [0.25, 0.3) is 18.2 Å². The summed E-state index contributed by atoms with van der Waals surface area (Å²) >= 11 is 0. The summed E-state index contributed by atoms with van der Waals surface area (Å²) in [7, 11) is -4.05. The fourth-order valence-electron chi connectivity index (χ4n) is 5.52. The number of aliphatic carboxylic acids is 1. The molecule has 0 saturated heterocycles. The van der Waals surface area contributed by atoms with Crippen molar-refractivity contribution >= 4 is 46.8 Å². The maximum absolute atomic E-state index is 12.2. The Morgan fingerprint density at radius 2 is 1.25 bits per heavy atom. The number of hydrogen-bond acceptors (Lipinski definition) is 9. The number of aryl methyl sites for hydroxylation is 1. The molecule has 366 valence electrons. The Labute approximate surface area is 404 Å². The molecule has 0 aliphatic carbocycles. The molecule has 1 unspecified atom stereocenters. The van der Waals surface area contributed by atoms with Crippen LogP contribution in [0.5, 0.6) is 23.0 Å². The van der Waals surface area contributed by atoms with Gasteiger partial charge in [-0.2, -0.15) is 0 Å². The van der Waals surface area contributed by atoms with E-state index in [2.05, 4.69) is 123 Å². The minimum absolute atomic E-state index is 0.0340. The van der Waals surface area contributed by atoms with Gasteiger partial charge in [0.25, 0.3) is 8.32 Å². The van der Waals surface area contributed by atoms with Crippen LogP contribution in [0, 0.1) is 0 Å². The van der Waals surface area contributed by atoms with Gasteiger partial charge in [0.05, 0.1) is 0 Å². The number of aromatic hydroxyl groups is 2. The molecule has 0 fully saturated rings. The summed E-state index contributed by atoms with van der Waals surface area (Å²) < 4.78 is 18.5. The van der Waals surface area contributed by atoms with Gasteiger partial charge in [-0.1, -0.05) is 129 Å². The lowest BCUT2D eigenvalue weighted by Crippen LogP contribution is -2.44. The van der Waals surface area contributed by atoms with Gasteiger partial charge in [-0.25, -0.2) is 9.59 Å². The first kappa shape index (κ1) is 57.6. The summed E-state index contributed by atoms with van der Waals surface area (Å²) in [6.45, 7) is 28.1. The van der Waals surface area contributed by atoms with Crippen LogP contribution in [-0.4, -0.2) is 63.2 Å². The Morgan fingerprint density at radius 1 is 0.687 bits per heavy atom. The fourth-order valence-corrected chi connectivity index (χ4v) is 7.57. The number of carboxylic acid groups (broad SMARTS) is 1. The van der Waals surface area contributed by atoms with Crippen LogP contribution in [0.4, 0.5) is 0 Å². The lowest BCUT2D eigenvalue weighted by Gasteiger charge is -2.38. The smallest absolute Gasteiger partial charge is 0.332 e. The van der Waals surface area contributed by atoms with Crippen LogP contribution < -0.4 is 19.5 Å². The van der Waals surface area contributed by atoms with Crippen molar-refractivity contribution in [3.05, 3.63) is 138 Å². The highest BCUT2D eigenvalue weighted by Crippen LogP contribution is 2.41. The number of unbranched alkanes of at least 4 members (excludes halogenated alkanes) is 2. The standard InChI is InChI=1S/C22H27NO4.C21H36O4Si2.C12H17N/c1-2-3-15-23-21(13-9-17-7-5-4-6-8-17)27-22(26)14-11-18-10-12-19(24)16-20(18)25;1-20(2,3)26(7,8)24-17-13-11-16(12-14-19(22)23)18(15-17)25-27(9,10)21(4,5)6;1-2-3-10-13-11-9-12-7-5-4-6-8-12/h4-8,10-12,14,16,21,23-25H,2-3,9,13,15H2,1H3;11-15H,1-10H3,(H,22,23);4-9,11,13H,2-3,10H2,1H3/b14-11+;14-12+;11-9-. The van der Waals surface area contributed by atoms with Gasteiger partial charge in [0, 0.05) is 48.4 Å². The summed E-state index contributed by atoms with van der Waals surface area (Å²) in [6.07, 6.45) is 15.2. The highest BCUT2D eigenvalue weighted by Gasteiger charge is 2.41. The zero-order valence-electron chi connectivity index (χ0n) is 42.3. The summed E-state index contributed by atoms with van der Waals surface area (Å²) in [5.74, 6) is -0.119. The van der Waals surface area contributed by atoms with E-state index >= 15 is 0 Å². The monoisotopic (exact) mass is 953 g/mol. The van der Waals surface area contributed by atoms with E-state index in [-0.39, 0.29) is 27.8 Å². The van der Waals surface area contributed by atoms with E-state index in [1.807, 2.05) is 60.8 Å². The first-order chi connectivity index (χ1) is 31.5. The first-order valence-corrected chi connectivity index (χ1v) is 29.4. The number of ether oxygens (including phenoxy) is 1. The van der Waals surface area contributed by atoms with E-state index in [9.17, 15) is 19.8 Å². The molecule has 0 aliphatic heterocycles. The molecule has 0 amide bonds. The van der Waals surface area contributed by atoms with E-state index in [0.29, 0.717) is 17.7 Å². The van der Waals surface area contributed by atoms with E-state index in [1.165, 1.54) is 54.3 Å². The molecule has 4 aromatic rings. The maximum atomic E-state index is 12.2. The number of esters is 1.